The predicted octanol–water partition coefficient (Wildman–Crippen LogP) is 2.57. The van der Waals surface area contributed by atoms with E-state index in [0.717, 1.165) is 0 Å². The molecule has 0 saturated heterocycles. The Hall–Kier alpha value is -1.76. The highest BCUT2D eigenvalue weighted by Gasteiger charge is 2.17. The van der Waals surface area contributed by atoms with Gasteiger partial charge in [0, 0.05) is 16.4 Å². The van der Waals surface area contributed by atoms with Gasteiger partial charge in [-0.3, -0.25) is 0 Å². The molecule has 106 valence electrons. The minimum Gasteiger partial charge on any atom is -0.399 e. The van der Waals surface area contributed by atoms with Crippen molar-refractivity contribution >= 4 is 38.7 Å². The Morgan fingerprint density at radius 2 is 1.90 bits per heavy atom. The van der Waals surface area contributed by atoms with E-state index in [1.165, 1.54) is 13.1 Å². The standard InChI is InChI=1S/C13H14ClN3O2S/c1-16-20(18,19)13-8-10(15)5-6-12(13)17-11-4-2-3-9(14)7-11/h2-8,16-17H,15H2,1H3. The molecule has 0 aliphatic carbocycles. The van der Waals surface area contributed by atoms with E-state index in [4.69, 9.17) is 17.3 Å². The van der Waals surface area contributed by atoms with Gasteiger partial charge in [0.25, 0.3) is 0 Å². The van der Waals surface area contributed by atoms with Crippen molar-refractivity contribution < 1.29 is 8.42 Å². The quantitative estimate of drug-likeness (QED) is 0.758. The van der Waals surface area contributed by atoms with E-state index >= 15 is 0 Å². The third kappa shape index (κ3) is 3.22. The molecular weight excluding hydrogens is 298 g/mol. The van der Waals surface area contributed by atoms with Crippen LogP contribution < -0.4 is 15.8 Å². The Morgan fingerprint density at radius 3 is 2.55 bits per heavy atom. The number of hydrogen-bond donors (Lipinski definition) is 3. The average Bonchev–Trinajstić information content (AvgIpc) is 2.41. The first-order chi connectivity index (χ1) is 9.42. The number of anilines is 3. The Kier molecular flexibility index (Phi) is 4.17. The molecule has 0 aliphatic rings. The molecule has 4 N–H and O–H groups in total. The minimum absolute atomic E-state index is 0.0833. The molecule has 20 heavy (non-hydrogen) atoms. The summed E-state index contributed by atoms with van der Waals surface area (Å²) in [5.41, 5.74) is 7.14. The predicted molar refractivity (Wildman–Crippen MR) is 81.8 cm³/mol. The maximum Gasteiger partial charge on any atom is 0.242 e. The molecule has 0 fully saturated rings. The first-order valence-electron chi connectivity index (χ1n) is 5.78. The summed E-state index contributed by atoms with van der Waals surface area (Å²) in [4.78, 5) is 0.0833. The molecule has 0 atom stereocenters. The zero-order valence-electron chi connectivity index (χ0n) is 10.7. The molecule has 0 aromatic heterocycles. The molecule has 0 radical (unpaired) electrons. The van der Waals surface area contributed by atoms with Crippen molar-refractivity contribution in [3.8, 4) is 0 Å². The summed E-state index contributed by atoms with van der Waals surface area (Å²) < 4.78 is 26.3. The lowest BCUT2D eigenvalue weighted by Gasteiger charge is -2.13. The molecule has 0 amide bonds. The SMILES string of the molecule is CNS(=O)(=O)c1cc(N)ccc1Nc1cccc(Cl)c1. The molecule has 2 rings (SSSR count). The van der Waals surface area contributed by atoms with Crippen molar-refractivity contribution in [2.75, 3.05) is 18.1 Å². The Bertz CT molecular complexity index is 732. The number of sulfonamides is 1. The summed E-state index contributed by atoms with van der Waals surface area (Å²) in [6, 6.07) is 11.6. The zero-order chi connectivity index (χ0) is 14.8. The van der Waals surface area contributed by atoms with Gasteiger partial charge in [-0.25, -0.2) is 13.1 Å². The second-order valence-corrected chi connectivity index (χ2v) is 6.39. The van der Waals surface area contributed by atoms with Gasteiger partial charge in [0.1, 0.15) is 4.90 Å². The van der Waals surface area contributed by atoms with Gasteiger partial charge in [0.05, 0.1) is 5.69 Å². The molecular formula is C13H14ClN3O2S. The number of nitrogens with one attached hydrogen (secondary N) is 2. The van der Waals surface area contributed by atoms with E-state index in [1.54, 1.807) is 36.4 Å². The lowest BCUT2D eigenvalue weighted by Crippen LogP contribution is -2.20. The van der Waals surface area contributed by atoms with Crippen LogP contribution >= 0.6 is 11.6 Å². The van der Waals surface area contributed by atoms with Gasteiger partial charge in [0.2, 0.25) is 10.0 Å². The minimum atomic E-state index is -3.61. The number of rotatable bonds is 4. The summed E-state index contributed by atoms with van der Waals surface area (Å²) in [5, 5.41) is 3.58. The van der Waals surface area contributed by atoms with Crippen LogP contribution in [0.1, 0.15) is 0 Å². The fourth-order valence-corrected chi connectivity index (χ4v) is 2.81. The highest BCUT2D eigenvalue weighted by Crippen LogP contribution is 2.27. The monoisotopic (exact) mass is 311 g/mol. The van der Waals surface area contributed by atoms with Gasteiger partial charge in [-0.1, -0.05) is 17.7 Å². The smallest absolute Gasteiger partial charge is 0.242 e. The van der Waals surface area contributed by atoms with Gasteiger partial charge < -0.3 is 11.1 Å². The van der Waals surface area contributed by atoms with Crippen LogP contribution in [0.3, 0.4) is 0 Å². The molecule has 0 bridgehead atoms. The van der Waals surface area contributed by atoms with Crippen LogP contribution in [-0.4, -0.2) is 15.5 Å². The molecule has 0 unspecified atom stereocenters. The zero-order valence-corrected chi connectivity index (χ0v) is 12.3. The van der Waals surface area contributed by atoms with Crippen LogP contribution in [0.15, 0.2) is 47.4 Å². The van der Waals surface area contributed by atoms with Gasteiger partial charge in [0.15, 0.2) is 0 Å². The molecule has 7 heteroatoms. The normalized spacial score (nSPS) is 11.3. The fourth-order valence-electron chi connectivity index (χ4n) is 1.70. The summed E-state index contributed by atoms with van der Waals surface area (Å²) in [6.45, 7) is 0. The van der Waals surface area contributed by atoms with E-state index in [1.807, 2.05) is 0 Å². The summed E-state index contributed by atoms with van der Waals surface area (Å²) >= 11 is 5.90. The fraction of sp³-hybridized carbons (Fsp3) is 0.0769. The van der Waals surface area contributed by atoms with E-state index in [0.29, 0.717) is 22.1 Å². The summed E-state index contributed by atoms with van der Waals surface area (Å²) in [7, 11) is -2.26. The van der Waals surface area contributed by atoms with Crippen LogP contribution in [0.4, 0.5) is 17.1 Å². The second kappa shape index (κ2) is 5.70. The number of benzene rings is 2. The molecule has 0 spiro atoms. The average molecular weight is 312 g/mol. The van der Waals surface area contributed by atoms with E-state index in [2.05, 4.69) is 10.0 Å². The van der Waals surface area contributed by atoms with Crippen molar-refractivity contribution in [1.29, 1.82) is 0 Å². The molecule has 0 heterocycles. The number of nitrogen functional groups attached to an aromatic ring is 1. The Labute approximate surface area is 122 Å². The largest absolute Gasteiger partial charge is 0.399 e. The highest BCUT2D eigenvalue weighted by molar-refractivity contribution is 7.89. The van der Waals surface area contributed by atoms with Gasteiger partial charge in [-0.05, 0) is 43.4 Å². The van der Waals surface area contributed by atoms with Crippen LogP contribution in [0.5, 0.6) is 0 Å². The first kappa shape index (κ1) is 14.6. The van der Waals surface area contributed by atoms with E-state index < -0.39 is 10.0 Å². The van der Waals surface area contributed by atoms with Crippen molar-refractivity contribution in [3.63, 3.8) is 0 Å². The third-order valence-electron chi connectivity index (χ3n) is 2.67. The molecule has 5 nitrogen and oxygen atoms in total. The van der Waals surface area contributed by atoms with Crippen LogP contribution in [0.2, 0.25) is 5.02 Å². The van der Waals surface area contributed by atoms with Gasteiger partial charge >= 0.3 is 0 Å². The maximum absolute atomic E-state index is 12.0. The molecule has 2 aromatic carbocycles. The molecule has 2 aromatic rings. The van der Waals surface area contributed by atoms with Crippen molar-refractivity contribution in [2.24, 2.45) is 0 Å². The topological polar surface area (TPSA) is 84.2 Å². The number of hydrogen-bond acceptors (Lipinski definition) is 4. The van der Waals surface area contributed by atoms with Gasteiger partial charge in [-0.2, -0.15) is 0 Å². The van der Waals surface area contributed by atoms with Crippen molar-refractivity contribution in [2.45, 2.75) is 4.90 Å². The first-order valence-corrected chi connectivity index (χ1v) is 7.64. The van der Waals surface area contributed by atoms with Crippen LogP contribution in [-0.2, 0) is 10.0 Å². The van der Waals surface area contributed by atoms with Crippen molar-refractivity contribution in [3.05, 3.63) is 47.5 Å². The molecule has 0 aliphatic heterocycles. The number of nitrogens with two attached hydrogens (primary N) is 1. The lowest BCUT2D eigenvalue weighted by molar-refractivity contribution is 0.588. The van der Waals surface area contributed by atoms with E-state index in [-0.39, 0.29) is 4.90 Å². The molecule has 0 saturated carbocycles. The highest BCUT2D eigenvalue weighted by atomic mass is 35.5. The third-order valence-corrected chi connectivity index (χ3v) is 4.36. The lowest BCUT2D eigenvalue weighted by atomic mass is 10.2. The van der Waals surface area contributed by atoms with E-state index in [9.17, 15) is 8.42 Å². The second-order valence-electron chi connectivity index (χ2n) is 4.10. The Balaban J connectivity index is 2.47. The van der Waals surface area contributed by atoms with Crippen molar-refractivity contribution in [1.82, 2.24) is 4.72 Å². The van der Waals surface area contributed by atoms with Crippen LogP contribution in [0.25, 0.3) is 0 Å². The summed E-state index contributed by atoms with van der Waals surface area (Å²) in [5.74, 6) is 0. The maximum atomic E-state index is 12.0. The van der Waals surface area contributed by atoms with Crippen LogP contribution in [0, 0.1) is 0 Å². The van der Waals surface area contributed by atoms with Gasteiger partial charge in [-0.15, -0.1) is 0 Å². The number of halogens is 1. The summed E-state index contributed by atoms with van der Waals surface area (Å²) in [6.07, 6.45) is 0. The Morgan fingerprint density at radius 1 is 1.15 bits per heavy atom.